The van der Waals surface area contributed by atoms with E-state index in [1.165, 1.54) is 16.7 Å². The van der Waals surface area contributed by atoms with Gasteiger partial charge in [0.2, 0.25) is 0 Å². The van der Waals surface area contributed by atoms with Crippen molar-refractivity contribution < 1.29 is 0 Å². The summed E-state index contributed by atoms with van der Waals surface area (Å²) in [7, 11) is 0. The number of para-hydroxylation sites is 1. The van der Waals surface area contributed by atoms with Crippen LogP contribution in [0.3, 0.4) is 0 Å². The van der Waals surface area contributed by atoms with E-state index in [2.05, 4.69) is 78.7 Å². The number of hydrogen-bond donors (Lipinski definition) is 1. The molecule has 3 heteroatoms. The number of rotatable bonds is 4. The van der Waals surface area contributed by atoms with Crippen LogP contribution < -0.4 is 10.2 Å². The zero-order valence-electron chi connectivity index (χ0n) is 14.6. The third kappa shape index (κ3) is 4.25. The zero-order valence-corrected chi connectivity index (χ0v) is 15.4. The average Bonchev–Trinajstić information content (AvgIpc) is 2.65. The summed E-state index contributed by atoms with van der Waals surface area (Å²) in [6.45, 7) is 4.95. The summed E-state index contributed by atoms with van der Waals surface area (Å²) in [5, 5.41) is 4.13. The van der Waals surface area contributed by atoms with Crippen LogP contribution >= 0.6 is 12.2 Å². The lowest BCUT2D eigenvalue weighted by Gasteiger charge is -2.27. The van der Waals surface area contributed by atoms with Crippen LogP contribution in [0.2, 0.25) is 0 Å². The van der Waals surface area contributed by atoms with E-state index < -0.39 is 0 Å². The average molecular weight is 346 g/mol. The molecule has 1 N–H and O–H groups in total. The normalized spacial score (nSPS) is 10.3. The minimum Gasteiger partial charge on any atom is -0.332 e. The zero-order chi connectivity index (χ0) is 17.6. The molecule has 0 aliphatic carbocycles. The number of nitrogens with one attached hydrogen (secondary N) is 1. The summed E-state index contributed by atoms with van der Waals surface area (Å²) in [5.41, 5.74) is 5.82. The lowest BCUT2D eigenvalue weighted by molar-refractivity contribution is 1.01. The number of nitrogens with zero attached hydrogens (tertiary/aromatic N) is 1. The van der Waals surface area contributed by atoms with Gasteiger partial charge in [0.25, 0.3) is 0 Å². The predicted molar refractivity (Wildman–Crippen MR) is 111 cm³/mol. The van der Waals surface area contributed by atoms with E-state index >= 15 is 0 Å². The standard InChI is InChI=1S/C22H22N2S/c1-17-10-9-15-21(18(17)2)23-22(25)24(20-13-7-4-8-14-20)16-19-11-5-3-6-12-19/h3-15H,16H2,1-2H3,(H,23,25). The highest BCUT2D eigenvalue weighted by Crippen LogP contribution is 2.22. The van der Waals surface area contributed by atoms with Gasteiger partial charge in [-0.2, -0.15) is 0 Å². The Morgan fingerprint density at radius 3 is 2.16 bits per heavy atom. The molecule has 0 saturated heterocycles. The van der Waals surface area contributed by atoms with Gasteiger partial charge in [0.15, 0.2) is 5.11 Å². The number of anilines is 2. The number of benzene rings is 3. The van der Waals surface area contributed by atoms with Gasteiger partial charge in [-0.1, -0.05) is 60.7 Å². The number of aryl methyl sites for hydroxylation is 1. The van der Waals surface area contributed by atoms with Crippen molar-refractivity contribution in [1.82, 2.24) is 0 Å². The Morgan fingerprint density at radius 1 is 0.840 bits per heavy atom. The first kappa shape index (κ1) is 17.2. The van der Waals surface area contributed by atoms with Gasteiger partial charge in [-0.3, -0.25) is 0 Å². The molecule has 25 heavy (non-hydrogen) atoms. The van der Waals surface area contributed by atoms with Crippen molar-refractivity contribution in [2.24, 2.45) is 0 Å². The van der Waals surface area contributed by atoms with Crippen LogP contribution in [0.1, 0.15) is 16.7 Å². The Bertz CT molecular complexity index is 844. The molecule has 0 saturated carbocycles. The lowest BCUT2D eigenvalue weighted by Crippen LogP contribution is -2.34. The van der Waals surface area contributed by atoms with E-state index in [9.17, 15) is 0 Å². The fraction of sp³-hybridized carbons (Fsp3) is 0.136. The second kappa shape index (κ2) is 7.95. The van der Waals surface area contributed by atoms with Crippen molar-refractivity contribution in [2.45, 2.75) is 20.4 Å². The smallest absolute Gasteiger partial charge is 0.178 e. The minimum atomic E-state index is 0.698. The quantitative estimate of drug-likeness (QED) is 0.609. The molecule has 0 atom stereocenters. The minimum absolute atomic E-state index is 0.698. The molecular formula is C22H22N2S. The molecular weight excluding hydrogens is 324 g/mol. The fourth-order valence-corrected chi connectivity index (χ4v) is 3.00. The second-order valence-electron chi connectivity index (χ2n) is 6.08. The molecule has 0 aliphatic rings. The Kier molecular flexibility index (Phi) is 5.46. The number of hydrogen-bond acceptors (Lipinski definition) is 1. The fourth-order valence-electron chi connectivity index (χ4n) is 2.72. The van der Waals surface area contributed by atoms with Crippen LogP contribution in [0.25, 0.3) is 0 Å². The molecule has 0 unspecified atom stereocenters. The maximum Gasteiger partial charge on any atom is 0.178 e. The summed E-state index contributed by atoms with van der Waals surface area (Å²) in [5.74, 6) is 0. The molecule has 126 valence electrons. The summed E-state index contributed by atoms with van der Waals surface area (Å²) in [4.78, 5) is 2.13. The first-order chi connectivity index (χ1) is 12.1. The van der Waals surface area contributed by atoms with Gasteiger partial charge in [0, 0.05) is 11.4 Å². The van der Waals surface area contributed by atoms with Gasteiger partial charge in [-0.15, -0.1) is 0 Å². The van der Waals surface area contributed by atoms with Gasteiger partial charge in [0.1, 0.15) is 0 Å². The first-order valence-corrected chi connectivity index (χ1v) is 8.79. The van der Waals surface area contributed by atoms with E-state index in [1.54, 1.807) is 0 Å². The molecule has 0 radical (unpaired) electrons. The van der Waals surface area contributed by atoms with Crippen LogP contribution in [-0.2, 0) is 6.54 Å². The maximum atomic E-state index is 5.76. The van der Waals surface area contributed by atoms with Crippen molar-refractivity contribution in [2.75, 3.05) is 10.2 Å². The van der Waals surface area contributed by atoms with Gasteiger partial charge >= 0.3 is 0 Å². The highest BCUT2D eigenvalue weighted by atomic mass is 32.1. The van der Waals surface area contributed by atoms with Crippen LogP contribution in [0, 0.1) is 13.8 Å². The van der Waals surface area contributed by atoms with Crippen molar-refractivity contribution in [1.29, 1.82) is 0 Å². The van der Waals surface area contributed by atoms with E-state index in [4.69, 9.17) is 12.2 Å². The van der Waals surface area contributed by atoms with E-state index in [0.29, 0.717) is 5.11 Å². The molecule has 0 fully saturated rings. The van der Waals surface area contributed by atoms with E-state index in [0.717, 1.165) is 17.9 Å². The van der Waals surface area contributed by atoms with Crippen molar-refractivity contribution in [3.8, 4) is 0 Å². The largest absolute Gasteiger partial charge is 0.332 e. The highest BCUT2D eigenvalue weighted by Gasteiger charge is 2.14. The highest BCUT2D eigenvalue weighted by molar-refractivity contribution is 7.80. The van der Waals surface area contributed by atoms with Crippen LogP contribution in [-0.4, -0.2) is 5.11 Å². The second-order valence-corrected chi connectivity index (χ2v) is 6.47. The number of thiocarbonyl (C=S) groups is 1. The summed E-state index contributed by atoms with van der Waals surface area (Å²) < 4.78 is 0. The van der Waals surface area contributed by atoms with Gasteiger partial charge in [-0.05, 0) is 61.0 Å². The molecule has 0 aliphatic heterocycles. The van der Waals surface area contributed by atoms with E-state index in [1.807, 2.05) is 24.3 Å². The monoisotopic (exact) mass is 346 g/mol. The van der Waals surface area contributed by atoms with Gasteiger partial charge < -0.3 is 10.2 Å². The van der Waals surface area contributed by atoms with Gasteiger partial charge in [-0.25, -0.2) is 0 Å². The van der Waals surface area contributed by atoms with Crippen molar-refractivity contribution in [3.63, 3.8) is 0 Å². The Hall–Kier alpha value is -2.65. The van der Waals surface area contributed by atoms with Crippen molar-refractivity contribution in [3.05, 3.63) is 95.6 Å². The predicted octanol–water partition coefficient (Wildman–Crippen LogP) is 5.71. The third-order valence-electron chi connectivity index (χ3n) is 4.34. The molecule has 0 amide bonds. The third-order valence-corrected chi connectivity index (χ3v) is 4.67. The molecule has 0 aromatic heterocycles. The van der Waals surface area contributed by atoms with E-state index in [-0.39, 0.29) is 0 Å². The Balaban J connectivity index is 1.88. The topological polar surface area (TPSA) is 15.3 Å². The molecule has 0 spiro atoms. The maximum absolute atomic E-state index is 5.76. The van der Waals surface area contributed by atoms with Crippen LogP contribution in [0.15, 0.2) is 78.9 Å². The summed E-state index contributed by atoms with van der Waals surface area (Å²) in [6, 6.07) is 26.9. The SMILES string of the molecule is Cc1cccc(NC(=S)N(Cc2ccccc2)c2ccccc2)c1C. The van der Waals surface area contributed by atoms with Gasteiger partial charge in [0.05, 0.1) is 6.54 Å². The molecule has 3 rings (SSSR count). The lowest BCUT2D eigenvalue weighted by atomic mass is 10.1. The molecule has 0 bridgehead atoms. The van der Waals surface area contributed by atoms with Crippen molar-refractivity contribution >= 4 is 28.7 Å². The molecule has 3 aromatic rings. The van der Waals surface area contributed by atoms with Crippen LogP contribution in [0.4, 0.5) is 11.4 Å². The Labute approximate surface area is 155 Å². The van der Waals surface area contributed by atoms with Crippen LogP contribution in [0.5, 0.6) is 0 Å². The summed E-state index contributed by atoms with van der Waals surface area (Å²) >= 11 is 5.76. The summed E-state index contributed by atoms with van der Waals surface area (Å²) in [6.07, 6.45) is 0. The molecule has 2 nitrogen and oxygen atoms in total. The first-order valence-electron chi connectivity index (χ1n) is 8.39. The molecule has 3 aromatic carbocycles. The Morgan fingerprint density at radius 2 is 1.48 bits per heavy atom. The molecule has 0 heterocycles.